The summed E-state index contributed by atoms with van der Waals surface area (Å²) < 4.78 is 13.5. The first-order valence-electron chi connectivity index (χ1n) is 6.23. The molecule has 0 aliphatic rings. The fourth-order valence-electron chi connectivity index (χ4n) is 1.71. The molecule has 0 saturated heterocycles. The molecular weight excluding hydrogens is 293 g/mol. The average molecular weight is 306 g/mol. The van der Waals surface area contributed by atoms with Crippen molar-refractivity contribution in [1.29, 1.82) is 0 Å². The lowest BCUT2D eigenvalue weighted by atomic mass is 10.2. The number of halogens is 2. The Hall–Kier alpha value is -2.17. The molecule has 2 aromatic rings. The van der Waals surface area contributed by atoms with Gasteiger partial charge in [0.25, 0.3) is 0 Å². The fraction of sp³-hybridized carbons (Fsp3) is 0.0625. The van der Waals surface area contributed by atoms with Crippen LogP contribution in [0.3, 0.4) is 0 Å². The van der Waals surface area contributed by atoms with E-state index in [1.165, 1.54) is 24.3 Å². The van der Waals surface area contributed by atoms with Crippen LogP contribution in [0.1, 0.15) is 11.1 Å². The van der Waals surface area contributed by atoms with Crippen LogP contribution in [0.4, 0.5) is 10.1 Å². The van der Waals surface area contributed by atoms with Crippen molar-refractivity contribution < 1.29 is 14.3 Å². The van der Waals surface area contributed by atoms with Crippen LogP contribution in [-0.2, 0) is 11.4 Å². The maximum absolute atomic E-state index is 13.5. The van der Waals surface area contributed by atoms with E-state index in [-0.39, 0.29) is 17.2 Å². The quantitative estimate of drug-likeness (QED) is 0.848. The van der Waals surface area contributed by atoms with Crippen LogP contribution in [0.15, 0.2) is 48.5 Å². The molecule has 108 valence electrons. The molecule has 0 aromatic heterocycles. The minimum Gasteiger partial charge on any atom is -0.392 e. The zero-order valence-corrected chi connectivity index (χ0v) is 11.8. The Morgan fingerprint density at radius 1 is 1.24 bits per heavy atom. The molecule has 0 heterocycles. The summed E-state index contributed by atoms with van der Waals surface area (Å²) in [6.07, 6.45) is 2.54. The van der Waals surface area contributed by atoms with Crippen LogP contribution < -0.4 is 5.32 Å². The van der Waals surface area contributed by atoms with E-state index in [1.54, 1.807) is 30.3 Å². The first-order valence-corrected chi connectivity index (χ1v) is 6.61. The average Bonchev–Trinajstić information content (AvgIpc) is 2.47. The van der Waals surface area contributed by atoms with Gasteiger partial charge in [0.15, 0.2) is 0 Å². The highest BCUT2D eigenvalue weighted by molar-refractivity contribution is 6.32. The van der Waals surface area contributed by atoms with Crippen molar-refractivity contribution in [2.75, 3.05) is 5.32 Å². The number of hydrogen-bond donors (Lipinski definition) is 2. The van der Waals surface area contributed by atoms with E-state index in [0.717, 1.165) is 5.56 Å². The van der Waals surface area contributed by atoms with E-state index >= 15 is 0 Å². The van der Waals surface area contributed by atoms with Gasteiger partial charge < -0.3 is 10.4 Å². The fourth-order valence-corrected chi connectivity index (χ4v) is 1.93. The van der Waals surface area contributed by atoms with Crippen molar-refractivity contribution >= 4 is 29.3 Å². The van der Waals surface area contributed by atoms with Crippen LogP contribution in [0.2, 0.25) is 5.02 Å². The van der Waals surface area contributed by atoms with E-state index in [9.17, 15) is 9.18 Å². The Balaban J connectivity index is 2.05. The van der Waals surface area contributed by atoms with Gasteiger partial charge in [-0.1, -0.05) is 29.8 Å². The highest BCUT2D eigenvalue weighted by Gasteiger charge is 2.04. The highest BCUT2D eigenvalue weighted by atomic mass is 35.5. The van der Waals surface area contributed by atoms with Crippen LogP contribution in [0.25, 0.3) is 6.08 Å². The van der Waals surface area contributed by atoms with Gasteiger partial charge in [0.1, 0.15) is 5.82 Å². The maximum atomic E-state index is 13.5. The Kier molecular flexibility index (Phi) is 5.09. The van der Waals surface area contributed by atoms with Crippen molar-refractivity contribution in [2.45, 2.75) is 6.61 Å². The largest absolute Gasteiger partial charge is 0.392 e. The molecule has 0 atom stereocenters. The summed E-state index contributed by atoms with van der Waals surface area (Å²) in [5, 5.41) is 11.8. The van der Waals surface area contributed by atoms with Gasteiger partial charge in [-0.2, -0.15) is 0 Å². The number of benzene rings is 2. The second kappa shape index (κ2) is 7.02. The Labute approximate surface area is 126 Å². The summed E-state index contributed by atoms with van der Waals surface area (Å²) in [6.45, 7) is -0.0556. The molecule has 2 rings (SSSR count). The molecule has 2 N–H and O–H groups in total. The minimum absolute atomic E-state index is 0.0556. The van der Waals surface area contributed by atoms with Gasteiger partial charge in [0, 0.05) is 17.3 Å². The standard InChI is InChI=1S/C16H13ClFNO2/c17-14-2-1-3-15(18)13(14)8-9-16(21)19-12-6-4-11(10-20)5-7-12/h1-9,20H,10H2,(H,19,21). The lowest BCUT2D eigenvalue weighted by Gasteiger charge is -2.03. The first kappa shape index (κ1) is 15.2. The second-order valence-corrected chi connectivity index (χ2v) is 4.72. The SMILES string of the molecule is O=C(C=Cc1c(F)cccc1Cl)Nc1ccc(CO)cc1. The number of anilines is 1. The third-order valence-corrected chi connectivity index (χ3v) is 3.13. The maximum Gasteiger partial charge on any atom is 0.248 e. The summed E-state index contributed by atoms with van der Waals surface area (Å²) in [6, 6.07) is 11.1. The van der Waals surface area contributed by atoms with Crippen LogP contribution in [-0.4, -0.2) is 11.0 Å². The van der Waals surface area contributed by atoms with E-state index in [2.05, 4.69) is 5.32 Å². The molecule has 3 nitrogen and oxygen atoms in total. The number of rotatable bonds is 4. The van der Waals surface area contributed by atoms with Crippen molar-refractivity contribution in [1.82, 2.24) is 0 Å². The van der Waals surface area contributed by atoms with Gasteiger partial charge in [0.05, 0.1) is 11.6 Å². The van der Waals surface area contributed by atoms with Crippen molar-refractivity contribution in [3.8, 4) is 0 Å². The molecule has 0 saturated carbocycles. The molecule has 1 amide bonds. The summed E-state index contributed by atoms with van der Waals surface area (Å²) in [7, 11) is 0. The molecule has 0 bridgehead atoms. The molecule has 0 spiro atoms. The summed E-state index contributed by atoms with van der Waals surface area (Å²) in [4.78, 5) is 11.8. The smallest absolute Gasteiger partial charge is 0.248 e. The number of nitrogens with one attached hydrogen (secondary N) is 1. The van der Waals surface area contributed by atoms with Gasteiger partial charge >= 0.3 is 0 Å². The van der Waals surface area contributed by atoms with Crippen molar-refractivity contribution in [2.24, 2.45) is 0 Å². The third kappa shape index (κ3) is 4.15. The molecule has 5 heteroatoms. The van der Waals surface area contributed by atoms with Gasteiger partial charge in [-0.15, -0.1) is 0 Å². The van der Waals surface area contributed by atoms with Crippen LogP contribution in [0.5, 0.6) is 0 Å². The van der Waals surface area contributed by atoms with Gasteiger partial charge in [-0.25, -0.2) is 4.39 Å². The highest BCUT2D eigenvalue weighted by Crippen LogP contribution is 2.20. The van der Waals surface area contributed by atoms with Gasteiger partial charge in [-0.05, 0) is 35.9 Å². The second-order valence-electron chi connectivity index (χ2n) is 4.31. The van der Waals surface area contributed by atoms with Crippen molar-refractivity contribution in [3.05, 3.63) is 70.5 Å². The number of aliphatic hydroxyl groups is 1. The van der Waals surface area contributed by atoms with E-state index in [0.29, 0.717) is 5.69 Å². The summed E-state index contributed by atoms with van der Waals surface area (Å²) in [5.74, 6) is -0.884. The van der Waals surface area contributed by atoms with Gasteiger partial charge in [-0.3, -0.25) is 4.79 Å². The zero-order valence-electron chi connectivity index (χ0n) is 11.0. The van der Waals surface area contributed by atoms with Crippen molar-refractivity contribution in [3.63, 3.8) is 0 Å². The molecule has 2 aromatic carbocycles. The lowest BCUT2D eigenvalue weighted by molar-refractivity contribution is -0.111. The number of hydrogen-bond acceptors (Lipinski definition) is 2. The van der Waals surface area contributed by atoms with E-state index in [4.69, 9.17) is 16.7 Å². The monoisotopic (exact) mass is 305 g/mol. The summed E-state index contributed by atoms with van der Waals surface area (Å²) >= 11 is 5.86. The van der Waals surface area contributed by atoms with Crippen LogP contribution in [0, 0.1) is 5.82 Å². The van der Waals surface area contributed by atoms with Gasteiger partial charge in [0.2, 0.25) is 5.91 Å². The molecule has 0 radical (unpaired) electrons. The zero-order chi connectivity index (χ0) is 15.2. The predicted octanol–water partition coefficient (Wildman–Crippen LogP) is 3.62. The number of carbonyl (C=O) groups excluding carboxylic acids is 1. The first-order chi connectivity index (χ1) is 10.1. The summed E-state index contributed by atoms with van der Waals surface area (Å²) in [5.41, 5.74) is 1.51. The van der Waals surface area contributed by atoms with Crippen LogP contribution >= 0.6 is 11.6 Å². The third-order valence-electron chi connectivity index (χ3n) is 2.81. The molecular formula is C16H13ClFNO2. The molecule has 0 fully saturated rings. The normalized spacial score (nSPS) is 10.8. The molecule has 0 aliphatic carbocycles. The number of aliphatic hydroxyl groups excluding tert-OH is 1. The lowest BCUT2D eigenvalue weighted by Crippen LogP contribution is -2.07. The molecule has 0 unspecified atom stereocenters. The van der Waals surface area contributed by atoms with E-state index in [1.807, 2.05) is 0 Å². The Bertz CT molecular complexity index is 648. The predicted molar refractivity (Wildman–Crippen MR) is 81.4 cm³/mol. The Morgan fingerprint density at radius 2 is 1.95 bits per heavy atom. The molecule has 0 aliphatic heterocycles. The molecule has 21 heavy (non-hydrogen) atoms. The number of amides is 1. The topological polar surface area (TPSA) is 49.3 Å². The number of carbonyl (C=O) groups is 1. The van der Waals surface area contributed by atoms with E-state index < -0.39 is 11.7 Å². The Morgan fingerprint density at radius 3 is 2.57 bits per heavy atom. The minimum atomic E-state index is -0.487.